The van der Waals surface area contributed by atoms with Crippen LogP contribution in [0.4, 0.5) is 0 Å². The van der Waals surface area contributed by atoms with Crippen LogP contribution in [0.25, 0.3) is 0 Å². The van der Waals surface area contributed by atoms with Crippen molar-refractivity contribution in [1.29, 1.82) is 0 Å². The molecule has 0 spiro atoms. The van der Waals surface area contributed by atoms with Crippen LogP contribution in [-0.4, -0.2) is 74.3 Å². The number of hydrogen-bond donors (Lipinski definition) is 2. The van der Waals surface area contributed by atoms with Gasteiger partial charge in [0.2, 0.25) is 5.91 Å². The number of phosphoric ester groups is 1. The summed E-state index contributed by atoms with van der Waals surface area (Å²) in [5.41, 5.74) is 0. The maximum Gasteiger partial charge on any atom is 0.472 e. The molecule has 1 amide bonds. The van der Waals surface area contributed by atoms with Crippen LogP contribution in [-0.2, 0) is 27.9 Å². The molecule has 3 unspecified atom stereocenters. The summed E-state index contributed by atoms with van der Waals surface area (Å²) >= 11 is 0. The van der Waals surface area contributed by atoms with Crippen molar-refractivity contribution < 1.29 is 37.3 Å². The summed E-state index contributed by atoms with van der Waals surface area (Å²) in [5.74, 6) is -0.513. The van der Waals surface area contributed by atoms with Gasteiger partial charge in [0.25, 0.3) is 0 Å². The lowest BCUT2D eigenvalue weighted by atomic mass is 10.0. The number of carbonyl (C=O) groups is 2. The summed E-state index contributed by atoms with van der Waals surface area (Å²) in [4.78, 5) is 37.5. The Morgan fingerprint density at radius 1 is 0.515 bits per heavy atom. The fourth-order valence-electron chi connectivity index (χ4n) is 8.23. The first kappa shape index (κ1) is 64.5. The van der Waals surface area contributed by atoms with Gasteiger partial charge in [-0.3, -0.25) is 18.6 Å². The Hall–Kier alpha value is -1.51. The Balaban J connectivity index is 5.37. The van der Waals surface area contributed by atoms with E-state index in [0.717, 1.165) is 70.6 Å². The lowest BCUT2D eigenvalue weighted by molar-refractivity contribution is -0.870. The molecule has 0 radical (unpaired) electrons. The second-order valence-electron chi connectivity index (χ2n) is 20.5. The number of quaternary nitrogens is 1. The number of nitrogens with one attached hydrogen (secondary N) is 1. The molecule has 66 heavy (non-hydrogen) atoms. The molecule has 0 heterocycles. The van der Waals surface area contributed by atoms with Gasteiger partial charge in [0.05, 0.1) is 33.8 Å². The summed E-state index contributed by atoms with van der Waals surface area (Å²) in [6.45, 7) is 7.01. The molecule has 0 aromatic heterocycles. The van der Waals surface area contributed by atoms with E-state index in [0.29, 0.717) is 17.4 Å². The SMILES string of the molecule is CCCCCCCC/C=C\CCCCCC(=O)OC(/C=C/CCCCCCCCCCCC)C(COP(=O)(O)OCC[N+](C)(C)C)NC(=O)CCCCCCCCCCCCCCCCC. The Morgan fingerprint density at radius 2 is 0.879 bits per heavy atom. The third-order valence-corrected chi connectivity index (χ3v) is 13.6. The Kier molecular flexibility index (Phi) is 46.1. The van der Waals surface area contributed by atoms with Crippen LogP contribution >= 0.6 is 7.82 Å². The van der Waals surface area contributed by atoms with Crippen molar-refractivity contribution >= 4 is 19.7 Å². The Bertz CT molecular complexity index is 1190. The summed E-state index contributed by atoms with van der Waals surface area (Å²) < 4.78 is 30.6. The summed E-state index contributed by atoms with van der Waals surface area (Å²) in [5, 5.41) is 3.04. The van der Waals surface area contributed by atoms with Gasteiger partial charge < -0.3 is 19.4 Å². The summed E-state index contributed by atoms with van der Waals surface area (Å²) in [7, 11) is 1.50. The molecule has 0 saturated carbocycles. The standard InChI is InChI=1S/C56H109N2O7P/c1-7-10-13-16-19-22-25-28-29-31-33-36-39-42-45-48-55(59)57-53(52-64-66(61,62)63-51-50-58(4,5)6)54(47-44-41-38-35-32-27-24-21-18-15-12-9-3)65-56(60)49-46-43-40-37-34-30-26-23-20-17-14-11-8-2/h30,34,44,47,53-54H,7-29,31-33,35-43,45-46,48-52H2,1-6H3,(H-,57,59,61,62)/p+1/b34-30-,47-44+. The van der Waals surface area contributed by atoms with E-state index in [9.17, 15) is 19.0 Å². The van der Waals surface area contributed by atoms with Gasteiger partial charge in [-0.2, -0.15) is 0 Å². The molecule has 0 aliphatic carbocycles. The highest BCUT2D eigenvalue weighted by Gasteiger charge is 2.30. The molecule has 0 aromatic rings. The smallest absolute Gasteiger partial charge is 0.456 e. The molecule has 0 rings (SSSR count). The number of hydrogen-bond acceptors (Lipinski definition) is 6. The molecular formula is C56H110N2O7P+. The molecule has 0 aliphatic heterocycles. The van der Waals surface area contributed by atoms with Gasteiger partial charge in [-0.05, 0) is 57.4 Å². The molecule has 0 fully saturated rings. The van der Waals surface area contributed by atoms with Crippen LogP contribution in [0.3, 0.4) is 0 Å². The van der Waals surface area contributed by atoms with Gasteiger partial charge >= 0.3 is 13.8 Å². The average molecular weight is 954 g/mol. The number of carbonyl (C=O) groups excluding carboxylic acids is 2. The van der Waals surface area contributed by atoms with Crippen LogP contribution in [0.2, 0.25) is 0 Å². The molecule has 2 N–H and O–H groups in total. The first-order valence-corrected chi connectivity index (χ1v) is 29.7. The van der Waals surface area contributed by atoms with Gasteiger partial charge in [-0.25, -0.2) is 4.57 Å². The molecule has 0 saturated heterocycles. The fourth-order valence-corrected chi connectivity index (χ4v) is 8.96. The zero-order chi connectivity index (χ0) is 48.7. The van der Waals surface area contributed by atoms with Crippen molar-refractivity contribution in [2.45, 2.75) is 283 Å². The van der Waals surface area contributed by atoms with Crippen LogP contribution in [0.15, 0.2) is 24.3 Å². The third kappa shape index (κ3) is 47.6. The molecule has 9 nitrogen and oxygen atoms in total. The van der Waals surface area contributed by atoms with Crippen LogP contribution < -0.4 is 5.32 Å². The van der Waals surface area contributed by atoms with E-state index in [2.05, 4.69) is 38.2 Å². The molecule has 0 aliphatic rings. The fraction of sp³-hybridized carbons (Fsp3) is 0.893. The first-order chi connectivity index (χ1) is 31.9. The summed E-state index contributed by atoms with van der Waals surface area (Å²) in [6.07, 6.45) is 53.1. The van der Waals surface area contributed by atoms with Gasteiger partial charge in [-0.15, -0.1) is 0 Å². The normalized spacial score (nSPS) is 14.0. The molecular weight excluding hydrogens is 844 g/mol. The van der Waals surface area contributed by atoms with Crippen molar-refractivity contribution in [2.24, 2.45) is 0 Å². The molecule has 3 atom stereocenters. The van der Waals surface area contributed by atoms with E-state index in [1.165, 1.54) is 167 Å². The number of esters is 1. The Labute approximate surface area is 409 Å². The van der Waals surface area contributed by atoms with Gasteiger partial charge in [0.15, 0.2) is 0 Å². The number of allylic oxidation sites excluding steroid dienone is 3. The number of phosphoric acid groups is 1. The minimum absolute atomic E-state index is 0.0413. The lowest BCUT2D eigenvalue weighted by Crippen LogP contribution is -2.47. The highest BCUT2D eigenvalue weighted by atomic mass is 31.2. The van der Waals surface area contributed by atoms with Crippen molar-refractivity contribution in [3.05, 3.63) is 24.3 Å². The minimum Gasteiger partial charge on any atom is -0.456 e. The van der Waals surface area contributed by atoms with Crippen molar-refractivity contribution in [3.63, 3.8) is 0 Å². The van der Waals surface area contributed by atoms with Crippen molar-refractivity contribution in [2.75, 3.05) is 40.9 Å². The molecule has 0 aromatic carbocycles. The quantitative estimate of drug-likeness (QED) is 0.0205. The lowest BCUT2D eigenvalue weighted by Gasteiger charge is -2.27. The number of nitrogens with zero attached hydrogens (tertiary/aromatic N) is 1. The van der Waals surface area contributed by atoms with Gasteiger partial charge in [-0.1, -0.05) is 225 Å². The van der Waals surface area contributed by atoms with Crippen molar-refractivity contribution in [3.8, 4) is 0 Å². The zero-order valence-corrected chi connectivity index (χ0v) is 45.3. The van der Waals surface area contributed by atoms with Crippen LogP contribution in [0.5, 0.6) is 0 Å². The summed E-state index contributed by atoms with van der Waals surface area (Å²) in [6, 6.07) is -0.846. The van der Waals surface area contributed by atoms with Crippen molar-refractivity contribution in [1.82, 2.24) is 5.32 Å². The maximum atomic E-state index is 13.5. The first-order valence-electron chi connectivity index (χ1n) is 28.2. The predicted octanol–water partition coefficient (Wildman–Crippen LogP) is 16.6. The van der Waals surface area contributed by atoms with Crippen LogP contribution in [0.1, 0.15) is 271 Å². The highest BCUT2D eigenvalue weighted by molar-refractivity contribution is 7.47. The highest BCUT2D eigenvalue weighted by Crippen LogP contribution is 2.43. The molecule has 390 valence electrons. The monoisotopic (exact) mass is 954 g/mol. The minimum atomic E-state index is -4.44. The zero-order valence-electron chi connectivity index (χ0n) is 44.5. The maximum absolute atomic E-state index is 13.5. The average Bonchev–Trinajstić information content (AvgIpc) is 3.27. The number of likely N-dealkylation sites (N-methyl/N-ethyl adjacent to an activating group) is 1. The second kappa shape index (κ2) is 47.2. The van der Waals surface area contributed by atoms with E-state index in [-0.39, 0.29) is 31.5 Å². The molecule has 10 heteroatoms. The van der Waals surface area contributed by atoms with E-state index in [4.69, 9.17) is 13.8 Å². The number of ether oxygens (including phenoxy) is 1. The van der Waals surface area contributed by atoms with Crippen LogP contribution in [0, 0.1) is 0 Å². The number of unbranched alkanes of at least 4 members (excludes halogenated alkanes) is 33. The van der Waals surface area contributed by atoms with E-state index in [1.807, 2.05) is 33.3 Å². The number of amides is 1. The Morgan fingerprint density at radius 3 is 1.30 bits per heavy atom. The van der Waals surface area contributed by atoms with Gasteiger partial charge in [0, 0.05) is 12.8 Å². The second-order valence-corrected chi connectivity index (χ2v) is 21.9. The van der Waals surface area contributed by atoms with Gasteiger partial charge in [0.1, 0.15) is 19.3 Å². The molecule has 0 bridgehead atoms. The predicted molar refractivity (Wildman–Crippen MR) is 282 cm³/mol. The largest absolute Gasteiger partial charge is 0.472 e. The number of rotatable bonds is 51. The topological polar surface area (TPSA) is 111 Å². The van der Waals surface area contributed by atoms with E-state index in [1.54, 1.807) is 0 Å². The third-order valence-electron chi connectivity index (χ3n) is 12.6. The van der Waals surface area contributed by atoms with E-state index < -0.39 is 20.0 Å². The van der Waals surface area contributed by atoms with E-state index >= 15 is 0 Å².